The summed E-state index contributed by atoms with van der Waals surface area (Å²) in [5.41, 5.74) is 0.294. The lowest BCUT2D eigenvalue weighted by Crippen LogP contribution is -2.42. The van der Waals surface area contributed by atoms with E-state index in [1.165, 1.54) is 6.07 Å². The van der Waals surface area contributed by atoms with E-state index in [1.807, 2.05) is 20.8 Å². The molecule has 0 radical (unpaired) electrons. The first-order valence-corrected chi connectivity index (χ1v) is 14.8. The van der Waals surface area contributed by atoms with Crippen molar-refractivity contribution in [1.82, 2.24) is 14.6 Å². The van der Waals surface area contributed by atoms with E-state index < -0.39 is 21.5 Å². The molecule has 1 saturated heterocycles. The molecule has 1 aliphatic rings. The van der Waals surface area contributed by atoms with Gasteiger partial charge in [-0.05, 0) is 64.5 Å². The van der Waals surface area contributed by atoms with E-state index >= 15 is 0 Å². The summed E-state index contributed by atoms with van der Waals surface area (Å²) in [5, 5.41) is 0.241. The number of nitrogens with one attached hydrogen (secondary N) is 1. The number of esters is 1. The van der Waals surface area contributed by atoms with Crippen molar-refractivity contribution in [2.24, 2.45) is 5.92 Å². The van der Waals surface area contributed by atoms with Gasteiger partial charge in [-0.2, -0.15) is 0 Å². The highest BCUT2D eigenvalue weighted by Crippen LogP contribution is 2.40. The third kappa shape index (κ3) is 6.10. The minimum atomic E-state index is -3.84. The van der Waals surface area contributed by atoms with Gasteiger partial charge in [-0.1, -0.05) is 31.5 Å². The van der Waals surface area contributed by atoms with Gasteiger partial charge in [-0.15, -0.1) is 11.3 Å². The molecule has 0 bridgehead atoms. The summed E-state index contributed by atoms with van der Waals surface area (Å²) in [6, 6.07) is 3.05. The Bertz CT molecular complexity index is 1250. The molecule has 11 heteroatoms. The Morgan fingerprint density at radius 3 is 2.47 bits per heavy atom. The van der Waals surface area contributed by atoms with E-state index in [0.29, 0.717) is 41.4 Å². The van der Waals surface area contributed by atoms with Crippen molar-refractivity contribution >= 4 is 44.8 Å². The second-order valence-electron chi connectivity index (χ2n) is 9.79. The third-order valence-electron chi connectivity index (χ3n) is 6.52. The number of hydrogen-bond acceptors (Lipinski definition) is 7. The van der Waals surface area contributed by atoms with Crippen LogP contribution in [-0.4, -0.2) is 55.4 Å². The Balaban J connectivity index is 2.09. The molecule has 2 heterocycles. The zero-order valence-electron chi connectivity index (χ0n) is 21.6. The van der Waals surface area contributed by atoms with Crippen molar-refractivity contribution in [2.45, 2.75) is 71.2 Å². The maximum Gasteiger partial charge on any atom is 0.367 e. The number of carbonyl (C=O) groups excluding carboxylic acids is 2. The number of likely N-dealkylation sites (tertiary alicyclic amines) is 1. The second-order valence-corrected chi connectivity index (χ2v) is 12.8. The lowest BCUT2D eigenvalue weighted by molar-refractivity contribution is 0.0525. The molecule has 1 fully saturated rings. The van der Waals surface area contributed by atoms with Gasteiger partial charge in [0.25, 0.3) is 5.91 Å². The average molecular weight is 556 g/mol. The second kappa shape index (κ2) is 11.2. The monoisotopic (exact) mass is 555 g/mol. The highest BCUT2D eigenvalue weighted by Gasteiger charge is 2.32. The van der Waals surface area contributed by atoms with Crippen LogP contribution in [0.25, 0.3) is 10.4 Å². The quantitative estimate of drug-likeness (QED) is 0.444. The summed E-state index contributed by atoms with van der Waals surface area (Å²) in [6.45, 7) is 12.4. The zero-order valence-corrected chi connectivity index (χ0v) is 24.0. The van der Waals surface area contributed by atoms with Crippen molar-refractivity contribution in [2.75, 3.05) is 19.7 Å². The molecule has 198 valence electrons. The number of aromatic nitrogens is 1. The van der Waals surface area contributed by atoms with Gasteiger partial charge in [0, 0.05) is 24.2 Å². The molecule has 3 rings (SSSR count). The number of sulfonamides is 1. The molecular formula is C25H34ClN3O5S2. The summed E-state index contributed by atoms with van der Waals surface area (Å²) in [4.78, 5) is 32.5. The number of nitrogens with zero attached hydrogens (tertiary/aromatic N) is 2. The van der Waals surface area contributed by atoms with Gasteiger partial charge >= 0.3 is 5.97 Å². The van der Waals surface area contributed by atoms with E-state index in [9.17, 15) is 18.0 Å². The number of benzene rings is 1. The summed E-state index contributed by atoms with van der Waals surface area (Å²) in [6.07, 6.45) is 2.39. The topological polar surface area (TPSA) is 106 Å². The minimum absolute atomic E-state index is 0.0531. The van der Waals surface area contributed by atoms with Gasteiger partial charge in [0.05, 0.1) is 21.4 Å². The molecule has 1 aromatic carbocycles. The predicted octanol–water partition coefficient (Wildman–Crippen LogP) is 5.29. The molecule has 0 unspecified atom stereocenters. The summed E-state index contributed by atoms with van der Waals surface area (Å²) in [7, 11) is -3.84. The molecule has 0 atom stereocenters. The molecule has 1 amide bonds. The Kier molecular flexibility index (Phi) is 8.86. The van der Waals surface area contributed by atoms with Crippen molar-refractivity contribution in [1.29, 1.82) is 0 Å². The van der Waals surface area contributed by atoms with Gasteiger partial charge in [0.1, 0.15) is 5.69 Å². The molecular weight excluding hydrogens is 522 g/mol. The number of piperidine rings is 1. The molecule has 1 aromatic heterocycles. The molecule has 36 heavy (non-hydrogen) atoms. The van der Waals surface area contributed by atoms with E-state index in [1.54, 1.807) is 24.8 Å². The Hall–Kier alpha value is -2.01. The molecule has 2 aromatic rings. The summed E-state index contributed by atoms with van der Waals surface area (Å²) < 4.78 is 34.0. The molecule has 8 nitrogen and oxygen atoms in total. The smallest absolute Gasteiger partial charge is 0.367 e. The average Bonchev–Trinajstić information content (AvgIpc) is 3.25. The van der Waals surface area contributed by atoms with E-state index in [2.05, 4.69) is 16.6 Å². The Morgan fingerprint density at radius 1 is 1.25 bits per heavy atom. The largest absolute Gasteiger partial charge is 0.461 e. The first-order chi connectivity index (χ1) is 16.8. The normalized spacial score (nSPS) is 15.2. The molecule has 0 saturated carbocycles. The maximum absolute atomic E-state index is 13.5. The number of hydrogen-bond donors (Lipinski definition) is 1. The van der Waals surface area contributed by atoms with Crippen LogP contribution in [0.5, 0.6) is 0 Å². The Labute approximate surface area is 222 Å². The fraction of sp³-hybridized carbons (Fsp3) is 0.560. The number of halogens is 1. The van der Waals surface area contributed by atoms with E-state index in [-0.39, 0.29) is 33.1 Å². The van der Waals surface area contributed by atoms with Crippen LogP contribution in [0, 0.1) is 12.8 Å². The van der Waals surface area contributed by atoms with Gasteiger partial charge in [-0.25, -0.2) is 22.9 Å². The predicted molar refractivity (Wildman–Crippen MR) is 142 cm³/mol. The minimum Gasteiger partial charge on any atom is -0.461 e. The summed E-state index contributed by atoms with van der Waals surface area (Å²) >= 11 is 7.74. The lowest BCUT2D eigenvalue weighted by atomic mass is 9.99. The van der Waals surface area contributed by atoms with Crippen molar-refractivity contribution in [3.8, 4) is 10.4 Å². The van der Waals surface area contributed by atoms with Gasteiger partial charge in [0.15, 0.2) is 0 Å². The first-order valence-electron chi connectivity index (χ1n) is 12.1. The SMILES string of the molecule is CCOC(=O)c1nc(C(=O)N2CCC(C)CC2)c(-c2ccc(S(=O)(=O)NC(C)(C)CC)c(C)c2Cl)s1. The number of thiazole rings is 1. The molecule has 0 spiro atoms. The van der Waals surface area contributed by atoms with Crippen molar-refractivity contribution in [3.63, 3.8) is 0 Å². The molecule has 1 aliphatic heterocycles. The standard InChI is InChI=1S/C25H34ClN3O5S2/c1-7-25(5,6)28-36(32,33)18-10-9-17(19(26)16(18)4)21-20(27-22(35-21)24(31)34-8-2)23(30)29-13-11-15(3)12-14-29/h9-10,15,28H,7-8,11-14H2,1-6H3. The van der Waals surface area contributed by atoms with Crippen LogP contribution >= 0.6 is 22.9 Å². The van der Waals surface area contributed by atoms with Crippen LogP contribution in [0.2, 0.25) is 5.02 Å². The highest BCUT2D eigenvalue weighted by molar-refractivity contribution is 7.89. The number of rotatable bonds is 8. The fourth-order valence-electron chi connectivity index (χ4n) is 3.91. The maximum atomic E-state index is 13.5. The van der Waals surface area contributed by atoms with Crippen LogP contribution in [-0.2, 0) is 14.8 Å². The van der Waals surface area contributed by atoms with Crippen LogP contribution in [0.1, 0.15) is 79.7 Å². The number of amides is 1. The van der Waals surface area contributed by atoms with E-state index in [4.69, 9.17) is 16.3 Å². The van der Waals surface area contributed by atoms with Crippen molar-refractivity contribution in [3.05, 3.63) is 33.4 Å². The van der Waals surface area contributed by atoms with Gasteiger partial charge in [0.2, 0.25) is 15.0 Å². The van der Waals surface area contributed by atoms with Gasteiger partial charge in [-0.3, -0.25) is 4.79 Å². The fourth-order valence-corrected chi connectivity index (χ4v) is 7.00. The summed E-state index contributed by atoms with van der Waals surface area (Å²) in [5.74, 6) is -0.356. The lowest BCUT2D eigenvalue weighted by Gasteiger charge is -2.30. The zero-order chi connectivity index (χ0) is 26.8. The van der Waals surface area contributed by atoms with Crippen LogP contribution in [0.15, 0.2) is 17.0 Å². The van der Waals surface area contributed by atoms with Crippen molar-refractivity contribution < 1.29 is 22.7 Å². The highest BCUT2D eigenvalue weighted by atomic mass is 35.5. The third-order valence-corrected chi connectivity index (χ3v) is 9.91. The Morgan fingerprint density at radius 2 is 1.89 bits per heavy atom. The van der Waals surface area contributed by atoms with Crippen LogP contribution < -0.4 is 4.72 Å². The number of ether oxygens (including phenoxy) is 1. The van der Waals surface area contributed by atoms with Gasteiger partial charge < -0.3 is 9.64 Å². The molecule has 1 N–H and O–H groups in total. The number of carbonyl (C=O) groups is 2. The van der Waals surface area contributed by atoms with Crippen LogP contribution in [0.4, 0.5) is 0 Å². The van der Waals surface area contributed by atoms with E-state index in [0.717, 1.165) is 24.2 Å². The first kappa shape index (κ1) is 28.6. The molecule has 0 aliphatic carbocycles. The van der Waals surface area contributed by atoms with Crippen LogP contribution in [0.3, 0.4) is 0 Å².